The molecule has 0 aromatic heterocycles. The SMILES string of the molecule is CCCCC=CC1=C(C)[C@](O)(CO)OC1=O. The van der Waals surface area contributed by atoms with E-state index in [-0.39, 0.29) is 0 Å². The fourth-order valence-corrected chi connectivity index (χ4v) is 1.52. The number of aliphatic hydroxyl groups is 2. The lowest BCUT2D eigenvalue weighted by atomic mass is 10.0. The number of cyclic esters (lactones) is 1. The van der Waals surface area contributed by atoms with Gasteiger partial charge in [0.2, 0.25) is 0 Å². The van der Waals surface area contributed by atoms with Crippen LogP contribution in [-0.4, -0.2) is 28.6 Å². The molecule has 0 spiro atoms. The van der Waals surface area contributed by atoms with Crippen molar-refractivity contribution < 1.29 is 19.7 Å². The summed E-state index contributed by atoms with van der Waals surface area (Å²) in [5.41, 5.74) is 0.709. The molecule has 0 saturated carbocycles. The molecule has 1 aliphatic rings. The highest BCUT2D eigenvalue weighted by Crippen LogP contribution is 2.30. The summed E-state index contributed by atoms with van der Waals surface area (Å²) in [6.45, 7) is 3.06. The van der Waals surface area contributed by atoms with Crippen molar-refractivity contribution in [3.05, 3.63) is 23.3 Å². The van der Waals surface area contributed by atoms with Gasteiger partial charge in [-0.2, -0.15) is 0 Å². The molecule has 0 radical (unpaired) electrons. The molecule has 16 heavy (non-hydrogen) atoms. The second-order valence-corrected chi connectivity index (χ2v) is 3.92. The molecule has 0 amide bonds. The molecule has 1 aliphatic heterocycles. The van der Waals surface area contributed by atoms with Crippen molar-refractivity contribution in [2.24, 2.45) is 0 Å². The number of esters is 1. The van der Waals surface area contributed by atoms with E-state index in [9.17, 15) is 9.90 Å². The maximum Gasteiger partial charge on any atom is 0.341 e. The van der Waals surface area contributed by atoms with Crippen molar-refractivity contribution in [3.8, 4) is 0 Å². The van der Waals surface area contributed by atoms with E-state index in [4.69, 9.17) is 9.84 Å². The van der Waals surface area contributed by atoms with Gasteiger partial charge in [-0.05, 0) is 13.3 Å². The zero-order valence-corrected chi connectivity index (χ0v) is 9.69. The third kappa shape index (κ3) is 2.51. The number of aliphatic hydroxyl groups excluding tert-OH is 1. The standard InChI is InChI=1S/C12H18O4/c1-3-4-5-6-7-10-9(2)12(15,8-13)16-11(10)14/h6-7,13,15H,3-5,8H2,1-2H3/t12-/m0/s1. The van der Waals surface area contributed by atoms with Crippen LogP contribution in [-0.2, 0) is 9.53 Å². The minimum absolute atomic E-state index is 0.340. The number of ether oxygens (including phenoxy) is 1. The van der Waals surface area contributed by atoms with Gasteiger partial charge in [-0.15, -0.1) is 0 Å². The Morgan fingerprint density at radius 1 is 1.50 bits per heavy atom. The Morgan fingerprint density at radius 3 is 2.69 bits per heavy atom. The van der Waals surface area contributed by atoms with E-state index >= 15 is 0 Å². The molecule has 1 atom stereocenters. The molecule has 0 bridgehead atoms. The largest absolute Gasteiger partial charge is 0.423 e. The molecule has 0 unspecified atom stereocenters. The van der Waals surface area contributed by atoms with E-state index in [1.807, 2.05) is 6.08 Å². The van der Waals surface area contributed by atoms with Gasteiger partial charge >= 0.3 is 5.97 Å². The summed E-state index contributed by atoms with van der Waals surface area (Å²) in [4.78, 5) is 11.4. The van der Waals surface area contributed by atoms with Crippen LogP contribution < -0.4 is 0 Å². The van der Waals surface area contributed by atoms with Crippen LogP contribution in [0.4, 0.5) is 0 Å². The molecule has 90 valence electrons. The summed E-state index contributed by atoms with van der Waals surface area (Å²) in [5, 5.41) is 18.7. The van der Waals surface area contributed by atoms with Crippen LogP contribution in [0.15, 0.2) is 23.3 Å². The zero-order valence-electron chi connectivity index (χ0n) is 9.69. The van der Waals surface area contributed by atoms with Crippen LogP contribution >= 0.6 is 0 Å². The van der Waals surface area contributed by atoms with Crippen LogP contribution in [0, 0.1) is 0 Å². The molecule has 0 saturated heterocycles. The van der Waals surface area contributed by atoms with Crippen molar-refractivity contribution in [2.75, 3.05) is 6.61 Å². The fraction of sp³-hybridized carbons (Fsp3) is 0.583. The number of hydrogen-bond donors (Lipinski definition) is 2. The predicted octanol–water partition coefficient (Wildman–Crippen LogP) is 1.29. The Morgan fingerprint density at radius 2 is 2.19 bits per heavy atom. The van der Waals surface area contributed by atoms with Crippen molar-refractivity contribution in [3.63, 3.8) is 0 Å². The van der Waals surface area contributed by atoms with Crippen LogP contribution in [0.5, 0.6) is 0 Å². The fourth-order valence-electron chi connectivity index (χ4n) is 1.52. The second kappa shape index (κ2) is 5.27. The summed E-state index contributed by atoms with van der Waals surface area (Å²) < 4.78 is 4.72. The Labute approximate surface area is 95.2 Å². The number of unbranched alkanes of at least 4 members (excludes halogenated alkanes) is 2. The van der Waals surface area contributed by atoms with Crippen molar-refractivity contribution in [1.82, 2.24) is 0 Å². The van der Waals surface area contributed by atoms with Gasteiger partial charge in [0.1, 0.15) is 6.61 Å². The van der Waals surface area contributed by atoms with Gasteiger partial charge in [0, 0.05) is 5.57 Å². The minimum atomic E-state index is -1.83. The van der Waals surface area contributed by atoms with Gasteiger partial charge in [0.15, 0.2) is 0 Å². The second-order valence-electron chi connectivity index (χ2n) is 3.92. The number of hydrogen-bond acceptors (Lipinski definition) is 4. The Kier molecular flexibility index (Phi) is 4.26. The first-order chi connectivity index (χ1) is 7.55. The first-order valence-electron chi connectivity index (χ1n) is 5.49. The lowest BCUT2D eigenvalue weighted by molar-refractivity contribution is -0.192. The van der Waals surface area contributed by atoms with Crippen LogP contribution in [0.3, 0.4) is 0 Å². The molecule has 2 N–H and O–H groups in total. The third-order valence-electron chi connectivity index (χ3n) is 2.69. The highest BCUT2D eigenvalue weighted by molar-refractivity contribution is 5.95. The molecule has 4 nitrogen and oxygen atoms in total. The highest BCUT2D eigenvalue weighted by Gasteiger charge is 2.42. The van der Waals surface area contributed by atoms with Crippen LogP contribution in [0.25, 0.3) is 0 Å². The molecule has 1 heterocycles. The molecule has 0 aromatic rings. The average Bonchev–Trinajstić information content (AvgIpc) is 2.48. The molecular formula is C12H18O4. The van der Waals surface area contributed by atoms with Gasteiger partial charge in [0.25, 0.3) is 5.79 Å². The lowest BCUT2D eigenvalue weighted by Gasteiger charge is -2.19. The summed E-state index contributed by atoms with van der Waals surface area (Å²) >= 11 is 0. The summed E-state index contributed by atoms with van der Waals surface area (Å²) in [7, 11) is 0. The van der Waals surface area contributed by atoms with E-state index in [2.05, 4.69) is 6.92 Å². The van der Waals surface area contributed by atoms with Crippen molar-refractivity contribution in [1.29, 1.82) is 0 Å². The third-order valence-corrected chi connectivity index (χ3v) is 2.69. The van der Waals surface area contributed by atoms with Gasteiger partial charge < -0.3 is 14.9 Å². The number of carbonyl (C=O) groups excluding carboxylic acids is 1. The Bertz CT molecular complexity index is 330. The minimum Gasteiger partial charge on any atom is -0.423 e. The molecule has 0 fully saturated rings. The monoisotopic (exact) mass is 226 g/mol. The topological polar surface area (TPSA) is 66.8 Å². The lowest BCUT2D eigenvalue weighted by Crippen LogP contribution is -2.35. The summed E-state index contributed by atoms with van der Waals surface area (Å²) in [6.07, 6.45) is 6.57. The first kappa shape index (κ1) is 12.9. The maximum absolute atomic E-state index is 11.4. The van der Waals surface area contributed by atoms with Crippen molar-refractivity contribution >= 4 is 5.97 Å². The predicted molar refractivity (Wildman–Crippen MR) is 59.5 cm³/mol. The van der Waals surface area contributed by atoms with E-state index in [0.717, 1.165) is 19.3 Å². The number of rotatable bonds is 5. The van der Waals surface area contributed by atoms with Crippen LogP contribution in [0.1, 0.15) is 33.1 Å². The molecular weight excluding hydrogens is 208 g/mol. The van der Waals surface area contributed by atoms with E-state index in [0.29, 0.717) is 11.1 Å². The summed E-state index contributed by atoms with van der Waals surface area (Å²) in [6, 6.07) is 0. The zero-order chi connectivity index (χ0) is 12.2. The van der Waals surface area contributed by atoms with E-state index in [1.54, 1.807) is 13.0 Å². The van der Waals surface area contributed by atoms with Gasteiger partial charge in [-0.1, -0.05) is 31.9 Å². The Balaban J connectivity index is 2.78. The molecule has 4 heteroatoms. The number of allylic oxidation sites excluding steroid dienone is 1. The van der Waals surface area contributed by atoms with Gasteiger partial charge in [-0.3, -0.25) is 0 Å². The maximum atomic E-state index is 11.4. The molecule has 0 aliphatic carbocycles. The molecule has 1 rings (SSSR count). The molecule has 0 aromatic carbocycles. The normalized spacial score (nSPS) is 25.6. The van der Waals surface area contributed by atoms with Crippen molar-refractivity contribution in [2.45, 2.75) is 38.9 Å². The highest BCUT2D eigenvalue weighted by atomic mass is 16.7. The smallest absolute Gasteiger partial charge is 0.341 e. The van der Waals surface area contributed by atoms with Gasteiger partial charge in [0.05, 0.1) is 5.57 Å². The Hall–Kier alpha value is -1.13. The average molecular weight is 226 g/mol. The first-order valence-corrected chi connectivity index (χ1v) is 5.49. The summed E-state index contributed by atoms with van der Waals surface area (Å²) in [5.74, 6) is -2.41. The number of carbonyl (C=O) groups is 1. The van der Waals surface area contributed by atoms with E-state index in [1.165, 1.54) is 0 Å². The quantitative estimate of drug-likeness (QED) is 0.547. The van der Waals surface area contributed by atoms with Crippen LogP contribution in [0.2, 0.25) is 0 Å². The van der Waals surface area contributed by atoms with Gasteiger partial charge in [-0.25, -0.2) is 4.79 Å². The van der Waals surface area contributed by atoms with E-state index < -0.39 is 18.4 Å².